The fourth-order valence-corrected chi connectivity index (χ4v) is 4.23. The van der Waals surface area contributed by atoms with Crippen LogP contribution in [0.4, 0.5) is 0 Å². The first kappa shape index (κ1) is 25.8. The lowest BCUT2D eigenvalue weighted by Gasteiger charge is -2.35. The van der Waals surface area contributed by atoms with Gasteiger partial charge in [-0.3, -0.25) is 9.69 Å². The number of fused-ring (bicyclic) bond motifs is 1. The summed E-state index contributed by atoms with van der Waals surface area (Å²) in [7, 11) is 1.96. The molecule has 1 aromatic heterocycles. The van der Waals surface area contributed by atoms with Crippen LogP contribution in [0, 0.1) is 5.92 Å². The number of aliphatic hydroxyl groups excluding tert-OH is 1. The first-order chi connectivity index (χ1) is 16.3. The molecule has 1 aliphatic rings. The van der Waals surface area contributed by atoms with Crippen LogP contribution in [0.15, 0.2) is 30.5 Å². The highest BCUT2D eigenvalue weighted by atomic mass is 16.5. The Labute approximate surface area is 200 Å². The van der Waals surface area contributed by atoms with Gasteiger partial charge in [0.15, 0.2) is 0 Å². The summed E-state index contributed by atoms with van der Waals surface area (Å²) in [5.74, 6) is -0.948. The van der Waals surface area contributed by atoms with Crippen molar-refractivity contribution in [1.29, 1.82) is 0 Å². The van der Waals surface area contributed by atoms with Gasteiger partial charge in [-0.1, -0.05) is 24.3 Å². The maximum absolute atomic E-state index is 13.0. The number of amides is 1. The van der Waals surface area contributed by atoms with E-state index in [2.05, 4.69) is 22.1 Å². The van der Waals surface area contributed by atoms with Gasteiger partial charge in [0.05, 0.1) is 42.8 Å². The van der Waals surface area contributed by atoms with Gasteiger partial charge >= 0.3 is 5.97 Å². The summed E-state index contributed by atoms with van der Waals surface area (Å²) < 4.78 is 8.12. The van der Waals surface area contributed by atoms with Crippen LogP contribution < -0.4 is 0 Å². The number of aryl methyl sites for hydroxylation is 1. The van der Waals surface area contributed by atoms with Gasteiger partial charge in [0.2, 0.25) is 5.91 Å². The molecule has 3 atom stereocenters. The Morgan fingerprint density at radius 1 is 1.38 bits per heavy atom. The fourth-order valence-electron chi connectivity index (χ4n) is 4.23. The zero-order valence-corrected chi connectivity index (χ0v) is 20.1. The van der Waals surface area contributed by atoms with Crippen LogP contribution in [-0.2, 0) is 29.2 Å². The summed E-state index contributed by atoms with van der Waals surface area (Å²) in [6, 6.07) is 6.63. The van der Waals surface area contributed by atoms with Gasteiger partial charge in [0.25, 0.3) is 0 Å². The summed E-state index contributed by atoms with van der Waals surface area (Å²) >= 11 is 0. The molecule has 10 heteroatoms. The highest BCUT2D eigenvalue weighted by Crippen LogP contribution is 2.19. The van der Waals surface area contributed by atoms with Gasteiger partial charge in [-0.2, -0.15) is 0 Å². The Kier molecular flexibility index (Phi) is 9.14. The van der Waals surface area contributed by atoms with E-state index in [1.54, 1.807) is 34.0 Å². The van der Waals surface area contributed by atoms with E-state index in [0.29, 0.717) is 45.6 Å². The van der Waals surface area contributed by atoms with Gasteiger partial charge < -0.3 is 19.8 Å². The van der Waals surface area contributed by atoms with Crippen LogP contribution in [0.2, 0.25) is 0 Å². The fraction of sp³-hybridized carbons (Fsp3) is 0.583. The number of aliphatic hydroxyl groups is 1. The number of aromatic nitrogens is 3. The minimum absolute atomic E-state index is 0.00508. The second kappa shape index (κ2) is 12.0. The van der Waals surface area contributed by atoms with Crippen LogP contribution in [0.1, 0.15) is 48.3 Å². The van der Waals surface area contributed by atoms with Gasteiger partial charge in [-0.05, 0) is 38.1 Å². The quantitative estimate of drug-likeness (QED) is 0.623. The molecule has 0 fully saturated rings. The molecule has 0 bridgehead atoms. The summed E-state index contributed by atoms with van der Waals surface area (Å²) in [4.78, 5) is 28.1. The third-order valence-corrected chi connectivity index (χ3v) is 6.26. The normalized spacial score (nSPS) is 21.0. The molecule has 0 aliphatic carbocycles. The van der Waals surface area contributed by atoms with E-state index in [9.17, 15) is 19.8 Å². The predicted octanol–water partition coefficient (Wildman–Crippen LogP) is 1.63. The van der Waals surface area contributed by atoms with Gasteiger partial charge in [-0.15, -0.1) is 5.10 Å². The summed E-state index contributed by atoms with van der Waals surface area (Å²) in [5, 5.41) is 27.1. The largest absolute Gasteiger partial charge is 0.478 e. The average Bonchev–Trinajstić information content (AvgIpc) is 3.26. The lowest BCUT2D eigenvalue weighted by Crippen LogP contribution is -2.47. The number of nitrogens with zero attached hydrogens (tertiary/aromatic N) is 5. The number of carbonyl (C=O) groups is 2. The number of hydrogen-bond acceptors (Lipinski definition) is 7. The van der Waals surface area contributed by atoms with Crippen LogP contribution in [0.25, 0.3) is 0 Å². The van der Waals surface area contributed by atoms with Crippen molar-refractivity contribution in [1.82, 2.24) is 24.8 Å². The maximum atomic E-state index is 13.0. The van der Waals surface area contributed by atoms with Crippen LogP contribution >= 0.6 is 0 Å². The number of carboxylic acid groups (broad SMARTS) is 1. The van der Waals surface area contributed by atoms with E-state index in [1.807, 2.05) is 20.0 Å². The van der Waals surface area contributed by atoms with Crippen molar-refractivity contribution in [2.45, 2.75) is 58.5 Å². The number of carboxylic acids is 1. The van der Waals surface area contributed by atoms with Crippen LogP contribution in [-0.4, -0.2) is 85.8 Å². The molecule has 2 heterocycles. The third-order valence-electron chi connectivity index (χ3n) is 6.26. The number of hydrogen-bond donors (Lipinski definition) is 2. The summed E-state index contributed by atoms with van der Waals surface area (Å²) in [6.07, 6.45) is 2.49. The standard InChI is InChI=1S/C24H35N5O5/c1-17-12-28(18(2)15-30)23(31)8-5-9-29-21(11-25-26-29)16-34-22(17)14-27(3)13-19-6-4-7-20(10-19)24(32)33/h4,6-7,10-11,17-18,22,30H,5,8-9,12-16H2,1-3H3,(H,32,33)/t17-,18+,22-/m0/s1. The Morgan fingerprint density at radius 3 is 2.91 bits per heavy atom. The molecule has 2 N–H and O–H groups in total. The molecule has 0 saturated heterocycles. The number of rotatable bonds is 7. The van der Waals surface area contributed by atoms with E-state index >= 15 is 0 Å². The van der Waals surface area contributed by atoms with Crippen LogP contribution in [0.5, 0.6) is 0 Å². The summed E-state index contributed by atoms with van der Waals surface area (Å²) in [6.45, 7) is 6.35. The number of benzene rings is 1. The minimum atomic E-state index is -0.950. The second-order valence-corrected chi connectivity index (χ2v) is 9.16. The molecule has 1 aromatic carbocycles. The Balaban J connectivity index is 1.77. The van der Waals surface area contributed by atoms with Gasteiger partial charge in [-0.25, -0.2) is 9.48 Å². The smallest absolute Gasteiger partial charge is 0.335 e. The van der Waals surface area contributed by atoms with E-state index in [1.165, 1.54) is 0 Å². The molecule has 34 heavy (non-hydrogen) atoms. The first-order valence-corrected chi connectivity index (χ1v) is 11.7. The lowest BCUT2D eigenvalue weighted by atomic mass is 10.0. The van der Waals surface area contributed by atoms with Crippen molar-refractivity contribution >= 4 is 11.9 Å². The molecule has 3 rings (SSSR count). The summed E-state index contributed by atoms with van der Waals surface area (Å²) in [5.41, 5.74) is 2.02. The number of ether oxygens (including phenoxy) is 1. The topological polar surface area (TPSA) is 121 Å². The van der Waals surface area contributed by atoms with Crippen molar-refractivity contribution in [3.05, 3.63) is 47.3 Å². The molecule has 10 nitrogen and oxygen atoms in total. The molecule has 1 aliphatic heterocycles. The Hall–Kier alpha value is -2.82. The minimum Gasteiger partial charge on any atom is -0.478 e. The zero-order chi connectivity index (χ0) is 24.7. The first-order valence-electron chi connectivity index (χ1n) is 11.7. The van der Waals surface area contributed by atoms with Crippen molar-refractivity contribution in [3.8, 4) is 0 Å². The van der Waals surface area contributed by atoms with E-state index in [4.69, 9.17) is 4.74 Å². The number of carbonyl (C=O) groups excluding carboxylic acids is 1. The van der Waals surface area contributed by atoms with E-state index < -0.39 is 5.97 Å². The van der Waals surface area contributed by atoms with Crippen molar-refractivity contribution in [3.63, 3.8) is 0 Å². The Bertz CT molecular complexity index is 965. The van der Waals surface area contributed by atoms with Crippen LogP contribution in [0.3, 0.4) is 0 Å². The number of aromatic carboxylic acids is 1. The second-order valence-electron chi connectivity index (χ2n) is 9.16. The van der Waals surface area contributed by atoms with Gasteiger partial charge in [0, 0.05) is 38.5 Å². The highest BCUT2D eigenvalue weighted by Gasteiger charge is 2.28. The zero-order valence-electron chi connectivity index (χ0n) is 20.1. The molecular weight excluding hydrogens is 438 g/mol. The SMILES string of the molecule is C[C@H](CO)N1C[C@H](C)[C@H](CN(C)Cc2cccc(C(=O)O)c2)OCc2cnnn2CCCC1=O. The molecule has 0 spiro atoms. The van der Waals surface area contributed by atoms with Crippen molar-refractivity contribution in [2.24, 2.45) is 5.92 Å². The molecule has 1 amide bonds. The van der Waals surface area contributed by atoms with Crippen molar-refractivity contribution < 1.29 is 24.5 Å². The highest BCUT2D eigenvalue weighted by molar-refractivity contribution is 5.87. The van der Waals surface area contributed by atoms with Gasteiger partial charge in [0.1, 0.15) is 0 Å². The monoisotopic (exact) mass is 473 g/mol. The lowest BCUT2D eigenvalue weighted by molar-refractivity contribution is -0.136. The third kappa shape index (κ3) is 6.85. The van der Waals surface area contributed by atoms with Crippen molar-refractivity contribution in [2.75, 3.05) is 26.7 Å². The molecule has 0 saturated carbocycles. The predicted molar refractivity (Wildman–Crippen MR) is 125 cm³/mol. The molecule has 2 aromatic rings. The molecule has 186 valence electrons. The maximum Gasteiger partial charge on any atom is 0.335 e. The molecule has 0 unspecified atom stereocenters. The molecular formula is C24H35N5O5. The molecule has 0 radical (unpaired) electrons. The van der Waals surface area contributed by atoms with E-state index in [0.717, 1.165) is 11.3 Å². The van der Waals surface area contributed by atoms with E-state index in [-0.39, 0.29) is 36.1 Å². The average molecular weight is 474 g/mol. The number of likely N-dealkylation sites (N-methyl/N-ethyl adjacent to an activating group) is 1. The Morgan fingerprint density at radius 2 is 2.18 bits per heavy atom.